The largest absolute Gasteiger partial charge is 0.491 e. The van der Waals surface area contributed by atoms with Crippen molar-refractivity contribution in [1.82, 2.24) is 4.90 Å². The van der Waals surface area contributed by atoms with Gasteiger partial charge in [0, 0.05) is 19.5 Å². The average Bonchev–Trinajstić information content (AvgIpc) is 2.80. The predicted molar refractivity (Wildman–Crippen MR) is 75.6 cm³/mol. The smallest absolute Gasteiger partial charge is 0.321 e. The van der Waals surface area contributed by atoms with Gasteiger partial charge in [0.25, 0.3) is 0 Å². The third-order valence-corrected chi connectivity index (χ3v) is 3.57. The molecular weight excluding hydrogens is 274 g/mol. The second-order valence-corrected chi connectivity index (χ2v) is 5.14. The van der Waals surface area contributed by atoms with Crippen LogP contribution in [0.3, 0.4) is 0 Å². The highest BCUT2D eigenvalue weighted by atomic mass is 16.5. The number of ether oxygens (including phenoxy) is 1. The molecule has 2 unspecified atom stereocenters. The first-order valence-electron chi connectivity index (χ1n) is 6.86. The Labute approximate surface area is 122 Å². The standard InChI is InChI=1S/C15H19NO5/c1-10(17)12-4-2-3-5-14(12)21-7-6-16-9-11(18)8-13(16)15(19)20/h2-5,11,13,18H,6-9H2,1H3,(H,19,20). The van der Waals surface area contributed by atoms with Gasteiger partial charge in [0.15, 0.2) is 5.78 Å². The molecule has 1 heterocycles. The summed E-state index contributed by atoms with van der Waals surface area (Å²) in [5, 5.41) is 18.7. The van der Waals surface area contributed by atoms with Crippen molar-refractivity contribution in [3.05, 3.63) is 29.8 Å². The van der Waals surface area contributed by atoms with Gasteiger partial charge < -0.3 is 14.9 Å². The highest BCUT2D eigenvalue weighted by Gasteiger charge is 2.35. The van der Waals surface area contributed by atoms with Crippen LogP contribution < -0.4 is 4.74 Å². The highest BCUT2D eigenvalue weighted by Crippen LogP contribution is 2.20. The van der Waals surface area contributed by atoms with Crippen LogP contribution in [0.25, 0.3) is 0 Å². The molecule has 0 bridgehead atoms. The minimum absolute atomic E-state index is 0.0781. The minimum atomic E-state index is -0.935. The molecule has 0 radical (unpaired) electrons. The molecule has 0 saturated carbocycles. The van der Waals surface area contributed by atoms with Gasteiger partial charge in [-0.1, -0.05) is 12.1 Å². The predicted octanol–water partition coefficient (Wildman–Crippen LogP) is 0.788. The van der Waals surface area contributed by atoms with Crippen LogP contribution in [0.4, 0.5) is 0 Å². The molecule has 1 fully saturated rings. The Kier molecular flexibility index (Phi) is 4.93. The molecule has 0 spiro atoms. The SMILES string of the molecule is CC(=O)c1ccccc1OCCN1CC(O)CC1C(=O)O. The van der Waals surface area contributed by atoms with E-state index in [0.29, 0.717) is 24.4 Å². The molecule has 1 aliphatic heterocycles. The monoisotopic (exact) mass is 293 g/mol. The molecule has 1 saturated heterocycles. The van der Waals surface area contributed by atoms with E-state index in [1.165, 1.54) is 6.92 Å². The van der Waals surface area contributed by atoms with Crippen LogP contribution in [0, 0.1) is 0 Å². The number of aliphatic hydroxyl groups excluding tert-OH is 1. The topological polar surface area (TPSA) is 87.1 Å². The lowest BCUT2D eigenvalue weighted by molar-refractivity contribution is -0.142. The number of carbonyl (C=O) groups excluding carboxylic acids is 1. The van der Waals surface area contributed by atoms with Gasteiger partial charge >= 0.3 is 5.97 Å². The Morgan fingerprint density at radius 3 is 2.76 bits per heavy atom. The van der Waals surface area contributed by atoms with Gasteiger partial charge in [-0.25, -0.2) is 0 Å². The summed E-state index contributed by atoms with van der Waals surface area (Å²) in [7, 11) is 0. The molecule has 1 aromatic carbocycles. The first-order chi connectivity index (χ1) is 9.99. The summed E-state index contributed by atoms with van der Waals surface area (Å²) in [6.07, 6.45) is -0.380. The maximum Gasteiger partial charge on any atom is 0.321 e. The molecule has 2 atom stereocenters. The Hall–Kier alpha value is -1.92. The van der Waals surface area contributed by atoms with Crippen molar-refractivity contribution in [2.75, 3.05) is 19.7 Å². The number of ketones is 1. The normalized spacial score (nSPS) is 22.2. The number of nitrogens with zero attached hydrogens (tertiary/aromatic N) is 1. The number of carboxylic acids is 1. The van der Waals surface area contributed by atoms with E-state index in [9.17, 15) is 14.7 Å². The number of hydrogen-bond acceptors (Lipinski definition) is 5. The first-order valence-corrected chi connectivity index (χ1v) is 6.86. The van der Waals surface area contributed by atoms with Crippen molar-refractivity contribution in [2.24, 2.45) is 0 Å². The third-order valence-electron chi connectivity index (χ3n) is 3.57. The molecule has 0 amide bonds. The maximum atomic E-state index is 11.5. The van der Waals surface area contributed by atoms with Gasteiger partial charge in [0.2, 0.25) is 0 Å². The summed E-state index contributed by atoms with van der Waals surface area (Å²) < 4.78 is 5.59. The van der Waals surface area contributed by atoms with Crippen molar-refractivity contribution in [2.45, 2.75) is 25.5 Å². The summed E-state index contributed by atoms with van der Waals surface area (Å²) >= 11 is 0. The zero-order chi connectivity index (χ0) is 15.4. The number of aliphatic carboxylic acids is 1. The summed E-state index contributed by atoms with van der Waals surface area (Å²) in [4.78, 5) is 24.2. The Morgan fingerprint density at radius 1 is 1.38 bits per heavy atom. The van der Waals surface area contributed by atoms with Crippen LogP contribution >= 0.6 is 0 Å². The van der Waals surface area contributed by atoms with E-state index in [-0.39, 0.29) is 18.8 Å². The Balaban J connectivity index is 1.93. The number of β-amino-alcohol motifs (C(OH)–C–C–N with tert-alkyl or cyclic N) is 1. The number of carbonyl (C=O) groups is 2. The second kappa shape index (κ2) is 6.69. The van der Waals surface area contributed by atoms with Crippen molar-refractivity contribution >= 4 is 11.8 Å². The Morgan fingerprint density at radius 2 is 2.10 bits per heavy atom. The third kappa shape index (κ3) is 3.80. The molecule has 2 N–H and O–H groups in total. The molecule has 114 valence electrons. The van der Waals surface area contributed by atoms with E-state index in [1.54, 1.807) is 29.2 Å². The number of likely N-dealkylation sites (tertiary alicyclic amines) is 1. The number of rotatable bonds is 6. The molecule has 6 heteroatoms. The molecule has 2 rings (SSSR count). The molecule has 0 aliphatic carbocycles. The minimum Gasteiger partial charge on any atom is -0.491 e. The van der Waals surface area contributed by atoms with Crippen LogP contribution in [0.2, 0.25) is 0 Å². The van der Waals surface area contributed by atoms with E-state index >= 15 is 0 Å². The van der Waals surface area contributed by atoms with Gasteiger partial charge in [0.1, 0.15) is 18.4 Å². The van der Waals surface area contributed by atoms with Gasteiger partial charge in [-0.3, -0.25) is 14.5 Å². The second-order valence-electron chi connectivity index (χ2n) is 5.14. The summed E-state index contributed by atoms with van der Waals surface area (Å²) in [5.74, 6) is -0.516. The summed E-state index contributed by atoms with van der Waals surface area (Å²) in [6.45, 7) is 2.45. The molecule has 1 aromatic rings. The molecule has 6 nitrogen and oxygen atoms in total. The van der Waals surface area contributed by atoms with Crippen molar-refractivity contribution in [3.63, 3.8) is 0 Å². The summed E-state index contributed by atoms with van der Waals surface area (Å²) in [6, 6.07) is 6.27. The number of aliphatic hydroxyl groups is 1. The number of hydrogen-bond donors (Lipinski definition) is 2. The lowest BCUT2D eigenvalue weighted by atomic mass is 10.1. The molecule has 1 aliphatic rings. The fraction of sp³-hybridized carbons (Fsp3) is 0.467. The van der Waals surface area contributed by atoms with E-state index in [0.717, 1.165) is 0 Å². The fourth-order valence-corrected chi connectivity index (χ4v) is 2.54. The van der Waals surface area contributed by atoms with Crippen LogP contribution in [0.5, 0.6) is 5.75 Å². The lowest BCUT2D eigenvalue weighted by Gasteiger charge is -2.21. The molecule has 0 aromatic heterocycles. The first kappa shape index (κ1) is 15.5. The van der Waals surface area contributed by atoms with Crippen LogP contribution in [-0.2, 0) is 4.79 Å². The van der Waals surface area contributed by atoms with Crippen LogP contribution in [-0.4, -0.2) is 58.7 Å². The lowest BCUT2D eigenvalue weighted by Crippen LogP contribution is -2.38. The quantitative estimate of drug-likeness (QED) is 0.754. The van der Waals surface area contributed by atoms with Crippen molar-refractivity contribution in [3.8, 4) is 5.75 Å². The van der Waals surface area contributed by atoms with E-state index in [4.69, 9.17) is 9.84 Å². The van der Waals surface area contributed by atoms with Crippen LogP contribution in [0.15, 0.2) is 24.3 Å². The number of benzene rings is 1. The van der Waals surface area contributed by atoms with Crippen molar-refractivity contribution in [1.29, 1.82) is 0 Å². The van der Waals surface area contributed by atoms with E-state index in [1.807, 2.05) is 0 Å². The van der Waals surface area contributed by atoms with Gasteiger partial charge in [-0.05, 0) is 19.1 Å². The van der Waals surface area contributed by atoms with E-state index < -0.39 is 18.1 Å². The maximum absolute atomic E-state index is 11.5. The van der Waals surface area contributed by atoms with Crippen molar-refractivity contribution < 1.29 is 24.5 Å². The molecule has 21 heavy (non-hydrogen) atoms. The average molecular weight is 293 g/mol. The highest BCUT2D eigenvalue weighted by molar-refractivity contribution is 5.96. The number of carboxylic acid groups (broad SMARTS) is 1. The Bertz CT molecular complexity index is 531. The van der Waals surface area contributed by atoms with Gasteiger partial charge in [0.05, 0.1) is 11.7 Å². The summed E-state index contributed by atoms with van der Waals surface area (Å²) in [5.41, 5.74) is 0.508. The van der Waals surface area contributed by atoms with Gasteiger partial charge in [-0.15, -0.1) is 0 Å². The number of para-hydroxylation sites is 1. The molecular formula is C15H19NO5. The zero-order valence-electron chi connectivity index (χ0n) is 11.9. The zero-order valence-corrected chi connectivity index (χ0v) is 11.9. The van der Waals surface area contributed by atoms with Gasteiger partial charge in [-0.2, -0.15) is 0 Å². The fourth-order valence-electron chi connectivity index (χ4n) is 2.54. The number of Topliss-reactive ketones (excluding diaryl/α,β-unsaturated/α-hetero) is 1. The van der Waals surface area contributed by atoms with Crippen LogP contribution in [0.1, 0.15) is 23.7 Å². The van der Waals surface area contributed by atoms with E-state index in [2.05, 4.69) is 0 Å².